The Labute approximate surface area is 59.3 Å². The number of hydrogen-bond donors (Lipinski definition) is 0. The zero-order valence-electron chi connectivity index (χ0n) is 5.41. The van der Waals surface area contributed by atoms with E-state index in [9.17, 15) is 4.79 Å². The molecular formula is C7H10OS. The van der Waals surface area contributed by atoms with Gasteiger partial charge in [0.15, 0.2) is 0 Å². The number of hydrogen-bond acceptors (Lipinski definition) is 2. The van der Waals surface area contributed by atoms with E-state index in [-0.39, 0.29) is 0 Å². The summed E-state index contributed by atoms with van der Waals surface area (Å²) >= 11 is 1.71. The van der Waals surface area contributed by atoms with Crippen LogP contribution in [0.25, 0.3) is 0 Å². The predicted molar refractivity (Wildman–Crippen MR) is 40.7 cm³/mol. The van der Waals surface area contributed by atoms with E-state index in [2.05, 4.69) is 0 Å². The van der Waals surface area contributed by atoms with Crippen LogP contribution in [0.4, 0.5) is 0 Å². The molecule has 0 bridgehead atoms. The largest absolute Gasteiger partial charge is 0.303 e. The number of carbonyl (C=O) groups is 1. The Kier molecular flexibility index (Phi) is 6.85. The fourth-order valence-corrected chi connectivity index (χ4v) is 0.680. The van der Waals surface area contributed by atoms with Gasteiger partial charge in [-0.15, -0.1) is 0 Å². The van der Waals surface area contributed by atoms with Gasteiger partial charge in [0, 0.05) is 6.42 Å². The van der Waals surface area contributed by atoms with Crippen LogP contribution in [-0.4, -0.2) is 6.29 Å². The molecule has 0 saturated heterocycles. The minimum Gasteiger partial charge on any atom is -0.303 e. The van der Waals surface area contributed by atoms with Crippen LogP contribution >= 0.6 is 11.3 Å². The smallest absolute Gasteiger partial charge is 0.119 e. The highest BCUT2D eigenvalue weighted by Gasteiger charge is 1.58. The van der Waals surface area contributed by atoms with E-state index >= 15 is 0 Å². The Morgan fingerprint density at radius 3 is 2.00 bits per heavy atom. The predicted octanol–water partition coefficient (Wildman–Crippen LogP) is 2.34. The lowest BCUT2D eigenvalue weighted by Crippen LogP contribution is -1.55. The minimum atomic E-state index is 0.639. The summed E-state index contributed by atoms with van der Waals surface area (Å²) in [5, 5.41) is 4.08. The van der Waals surface area contributed by atoms with E-state index in [1.54, 1.807) is 11.3 Å². The van der Waals surface area contributed by atoms with Gasteiger partial charge in [-0.05, 0) is 10.8 Å². The number of aldehydes is 1. The molecule has 0 aromatic carbocycles. The van der Waals surface area contributed by atoms with Gasteiger partial charge in [0.2, 0.25) is 0 Å². The zero-order valence-corrected chi connectivity index (χ0v) is 6.23. The Balaban J connectivity index is 0.000000148. The lowest BCUT2D eigenvalue weighted by atomic mass is 10.6. The fourth-order valence-electron chi connectivity index (χ4n) is 0.227. The second-order valence-electron chi connectivity index (χ2n) is 1.37. The third-order valence-corrected chi connectivity index (χ3v) is 1.22. The van der Waals surface area contributed by atoms with Crippen LogP contribution in [-0.2, 0) is 4.79 Å². The van der Waals surface area contributed by atoms with Crippen molar-refractivity contribution in [3.63, 3.8) is 0 Å². The van der Waals surface area contributed by atoms with Crippen LogP contribution in [0.2, 0.25) is 0 Å². The average Bonchev–Trinajstić information content (AvgIpc) is 2.43. The molecule has 0 spiro atoms. The van der Waals surface area contributed by atoms with Gasteiger partial charge < -0.3 is 4.79 Å². The Morgan fingerprint density at radius 1 is 1.44 bits per heavy atom. The average molecular weight is 142 g/mol. The maximum absolute atomic E-state index is 9.17. The molecule has 0 aliphatic rings. The van der Waals surface area contributed by atoms with Crippen molar-refractivity contribution in [3.05, 3.63) is 22.9 Å². The molecule has 9 heavy (non-hydrogen) atoms. The molecule has 1 rings (SSSR count). The molecule has 0 radical (unpaired) electrons. The summed E-state index contributed by atoms with van der Waals surface area (Å²) in [6.45, 7) is 1.81. The molecule has 1 heterocycles. The van der Waals surface area contributed by atoms with E-state index in [1.165, 1.54) is 0 Å². The minimum absolute atomic E-state index is 0.639. The topological polar surface area (TPSA) is 17.1 Å². The summed E-state index contributed by atoms with van der Waals surface area (Å²) in [5.74, 6) is 0. The third-order valence-electron chi connectivity index (χ3n) is 0.592. The third kappa shape index (κ3) is 7.37. The highest BCUT2D eigenvalue weighted by atomic mass is 32.1. The van der Waals surface area contributed by atoms with Crippen molar-refractivity contribution in [2.45, 2.75) is 13.3 Å². The van der Waals surface area contributed by atoms with Crippen molar-refractivity contribution in [1.82, 2.24) is 0 Å². The van der Waals surface area contributed by atoms with Gasteiger partial charge in [-0.1, -0.05) is 19.1 Å². The Bertz CT molecular complexity index is 106. The molecule has 1 aromatic rings. The molecule has 0 fully saturated rings. The highest BCUT2D eigenvalue weighted by Crippen LogP contribution is 1.91. The van der Waals surface area contributed by atoms with Crippen LogP contribution in [0.15, 0.2) is 22.9 Å². The molecule has 1 nitrogen and oxygen atoms in total. The van der Waals surface area contributed by atoms with Crippen LogP contribution in [0, 0.1) is 0 Å². The lowest BCUT2D eigenvalue weighted by Gasteiger charge is -1.51. The van der Waals surface area contributed by atoms with Crippen LogP contribution in [0.5, 0.6) is 0 Å². The van der Waals surface area contributed by atoms with Gasteiger partial charge in [-0.3, -0.25) is 0 Å². The summed E-state index contributed by atoms with van der Waals surface area (Å²) in [4.78, 5) is 9.17. The first-order valence-electron chi connectivity index (χ1n) is 2.82. The standard InChI is InChI=1S/C4H4S.C3H6O/c1-2-4-5-3-1;1-2-3-4/h1-4H;3H,2H2,1H3. The molecule has 0 aliphatic carbocycles. The molecule has 0 unspecified atom stereocenters. The zero-order chi connectivity index (χ0) is 6.95. The van der Waals surface area contributed by atoms with E-state index in [0.717, 1.165) is 6.29 Å². The second kappa shape index (κ2) is 7.37. The number of carbonyl (C=O) groups excluding carboxylic acids is 1. The lowest BCUT2D eigenvalue weighted by molar-refractivity contribution is -0.107. The first-order valence-corrected chi connectivity index (χ1v) is 3.77. The molecule has 0 amide bonds. The summed E-state index contributed by atoms with van der Waals surface area (Å²) < 4.78 is 0. The summed E-state index contributed by atoms with van der Waals surface area (Å²) in [5.41, 5.74) is 0. The molecule has 50 valence electrons. The van der Waals surface area contributed by atoms with E-state index in [1.807, 2.05) is 29.8 Å². The molecule has 1 aromatic heterocycles. The maximum atomic E-state index is 9.17. The van der Waals surface area contributed by atoms with Gasteiger partial charge in [0.1, 0.15) is 6.29 Å². The number of rotatable bonds is 1. The van der Waals surface area contributed by atoms with Crippen LogP contribution in [0.3, 0.4) is 0 Å². The van der Waals surface area contributed by atoms with Crippen molar-refractivity contribution < 1.29 is 4.79 Å². The van der Waals surface area contributed by atoms with Crippen LogP contribution in [0.1, 0.15) is 13.3 Å². The first kappa shape index (κ1) is 8.37. The summed E-state index contributed by atoms with van der Waals surface area (Å²) in [6, 6.07) is 4.04. The van der Waals surface area contributed by atoms with Crippen molar-refractivity contribution in [3.8, 4) is 0 Å². The quantitative estimate of drug-likeness (QED) is 0.550. The van der Waals surface area contributed by atoms with Crippen molar-refractivity contribution in [2.75, 3.05) is 0 Å². The summed E-state index contributed by atoms with van der Waals surface area (Å²) in [7, 11) is 0. The molecular weight excluding hydrogens is 132 g/mol. The molecule has 0 aliphatic heterocycles. The highest BCUT2D eigenvalue weighted by molar-refractivity contribution is 7.07. The van der Waals surface area contributed by atoms with Gasteiger partial charge in [0.05, 0.1) is 0 Å². The normalized spacial score (nSPS) is 7.22. The monoisotopic (exact) mass is 142 g/mol. The second-order valence-corrected chi connectivity index (χ2v) is 2.18. The van der Waals surface area contributed by atoms with Gasteiger partial charge in [-0.25, -0.2) is 0 Å². The van der Waals surface area contributed by atoms with Gasteiger partial charge in [-0.2, -0.15) is 11.3 Å². The Morgan fingerprint density at radius 2 is 1.89 bits per heavy atom. The van der Waals surface area contributed by atoms with Crippen molar-refractivity contribution in [1.29, 1.82) is 0 Å². The van der Waals surface area contributed by atoms with Crippen molar-refractivity contribution in [2.24, 2.45) is 0 Å². The fraction of sp³-hybridized carbons (Fsp3) is 0.286. The van der Waals surface area contributed by atoms with Gasteiger partial charge >= 0.3 is 0 Å². The first-order chi connectivity index (χ1) is 4.41. The van der Waals surface area contributed by atoms with Crippen LogP contribution < -0.4 is 0 Å². The Hall–Kier alpha value is -0.630. The van der Waals surface area contributed by atoms with E-state index in [0.29, 0.717) is 6.42 Å². The maximum Gasteiger partial charge on any atom is 0.119 e. The molecule has 0 saturated carbocycles. The van der Waals surface area contributed by atoms with Gasteiger partial charge in [0.25, 0.3) is 0 Å². The SMILES string of the molecule is CCC=O.c1ccsc1. The van der Waals surface area contributed by atoms with E-state index in [4.69, 9.17) is 0 Å². The molecule has 0 atom stereocenters. The molecule has 0 N–H and O–H groups in total. The molecule has 2 heteroatoms. The van der Waals surface area contributed by atoms with Crippen molar-refractivity contribution >= 4 is 17.6 Å². The van der Waals surface area contributed by atoms with E-state index < -0.39 is 0 Å². The number of thiophene rings is 1. The summed E-state index contributed by atoms with van der Waals surface area (Å²) in [6.07, 6.45) is 1.51.